The second-order valence-electron chi connectivity index (χ2n) is 6.78. The fraction of sp³-hybridized carbons (Fsp3) is 0.143. The monoisotopic (exact) mass is 499 g/mol. The van der Waals surface area contributed by atoms with Crippen molar-refractivity contribution in [3.05, 3.63) is 68.7 Å². The molecule has 0 aliphatic rings. The second kappa shape index (κ2) is 8.63. The number of thiazole rings is 1. The predicted octanol–water partition coefficient (Wildman–Crippen LogP) is 5.45. The normalized spacial score (nSPS) is 10.9. The Balaban J connectivity index is 1.48. The van der Waals surface area contributed by atoms with Gasteiger partial charge >= 0.3 is 0 Å². The molecule has 0 aliphatic heterocycles. The lowest BCUT2D eigenvalue weighted by Gasteiger charge is -2.02. The van der Waals surface area contributed by atoms with E-state index in [1.165, 1.54) is 21.6 Å². The molecule has 4 rings (SSSR count). The van der Waals surface area contributed by atoms with Crippen LogP contribution in [0.2, 0.25) is 0 Å². The minimum Gasteiger partial charge on any atom is -0.303 e. The fourth-order valence-electron chi connectivity index (χ4n) is 2.92. The molecule has 2 aromatic heterocycles. The number of nitrogens with zero attached hydrogens (tertiary/aromatic N) is 4. The Morgan fingerprint density at radius 1 is 1.13 bits per heavy atom. The molecule has 0 saturated carbocycles. The maximum absolute atomic E-state index is 12.6. The predicted molar refractivity (Wildman–Crippen MR) is 126 cm³/mol. The van der Waals surface area contributed by atoms with Gasteiger partial charge in [-0.2, -0.15) is 5.10 Å². The molecular formula is C21H18BrN5OS2. The van der Waals surface area contributed by atoms with Crippen molar-refractivity contribution in [2.75, 3.05) is 5.32 Å². The third-order valence-electron chi connectivity index (χ3n) is 4.53. The van der Waals surface area contributed by atoms with Gasteiger partial charge in [0.1, 0.15) is 6.54 Å². The molecule has 0 atom stereocenters. The van der Waals surface area contributed by atoms with E-state index in [4.69, 9.17) is 12.2 Å². The molecular weight excluding hydrogens is 482 g/mol. The van der Waals surface area contributed by atoms with Crippen molar-refractivity contribution in [3.8, 4) is 22.6 Å². The second-order valence-corrected chi connectivity index (χ2v) is 8.92. The minimum absolute atomic E-state index is 0.0196. The molecule has 0 aliphatic carbocycles. The highest BCUT2D eigenvalue weighted by atomic mass is 79.9. The van der Waals surface area contributed by atoms with Crippen molar-refractivity contribution in [1.29, 1.82) is 0 Å². The van der Waals surface area contributed by atoms with Gasteiger partial charge in [0, 0.05) is 28.0 Å². The van der Waals surface area contributed by atoms with Gasteiger partial charge in [0.15, 0.2) is 15.7 Å². The molecule has 2 heterocycles. The summed E-state index contributed by atoms with van der Waals surface area (Å²) in [6.45, 7) is 2.05. The van der Waals surface area contributed by atoms with E-state index < -0.39 is 0 Å². The highest BCUT2D eigenvalue weighted by molar-refractivity contribution is 9.10. The van der Waals surface area contributed by atoms with Crippen LogP contribution in [0.1, 0.15) is 5.56 Å². The number of amides is 1. The molecule has 6 nitrogen and oxygen atoms in total. The number of halogens is 1. The Hall–Kier alpha value is -2.62. The van der Waals surface area contributed by atoms with Crippen molar-refractivity contribution in [2.24, 2.45) is 7.05 Å². The smallest absolute Gasteiger partial charge is 0.248 e. The third kappa shape index (κ3) is 4.43. The summed E-state index contributed by atoms with van der Waals surface area (Å²) in [7, 11) is 1.85. The standard InChI is InChI=1S/C21H18BrN5OS2/c1-13-3-5-15(6-4-13)19-25-27(21(29)26(19)2)11-18(28)24-20-23-17(12-30-20)14-7-9-16(22)10-8-14/h3-10,12H,11H2,1-2H3,(H,23,24,28). The molecule has 1 amide bonds. The van der Waals surface area contributed by atoms with Crippen molar-refractivity contribution in [3.63, 3.8) is 0 Å². The Kier molecular flexibility index (Phi) is 5.94. The van der Waals surface area contributed by atoms with Crippen LogP contribution in [0.5, 0.6) is 0 Å². The van der Waals surface area contributed by atoms with Gasteiger partial charge in [0.2, 0.25) is 5.91 Å². The molecule has 1 N–H and O–H groups in total. The number of hydrogen-bond donors (Lipinski definition) is 1. The van der Waals surface area contributed by atoms with Crippen LogP contribution in [0, 0.1) is 11.7 Å². The Labute approximate surface area is 191 Å². The zero-order chi connectivity index (χ0) is 21.3. The number of anilines is 1. The van der Waals surface area contributed by atoms with Crippen LogP contribution in [0.25, 0.3) is 22.6 Å². The highest BCUT2D eigenvalue weighted by Gasteiger charge is 2.14. The summed E-state index contributed by atoms with van der Waals surface area (Å²) in [5.74, 6) is 0.496. The number of nitrogens with one attached hydrogen (secondary N) is 1. The summed E-state index contributed by atoms with van der Waals surface area (Å²) in [5, 5.41) is 9.84. The Morgan fingerprint density at radius 3 is 2.50 bits per heavy atom. The van der Waals surface area contributed by atoms with E-state index in [1.807, 2.05) is 72.4 Å². The number of aryl methyl sites for hydroxylation is 1. The molecule has 9 heteroatoms. The SMILES string of the molecule is Cc1ccc(-c2nn(CC(=O)Nc3nc(-c4ccc(Br)cc4)cs3)c(=S)n2C)cc1. The van der Waals surface area contributed by atoms with Gasteiger partial charge in [0.25, 0.3) is 0 Å². The first-order valence-corrected chi connectivity index (χ1v) is 11.2. The van der Waals surface area contributed by atoms with Gasteiger partial charge in [-0.3, -0.25) is 4.79 Å². The zero-order valence-corrected chi connectivity index (χ0v) is 19.5. The van der Waals surface area contributed by atoms with Crippen LogP contribution < -0.4 is 5.32 Å². The molecule has 0 radical (unpaired) electrons. The van der Waals surface area contributed by atoms with Gasteiger partial charge in [-0.05, 0) is 31.3 Å². The highest BCUT2D eigenvalue weighted by Crippen LogP contribution is 2.26. The van der Waals surface area contributed by atoms with Crippen molar-refractivity contribution < 1.29 is 4.79 Å². The first kappa shape index (κ1) is 20.6. The molecule has 2 aromatic carbocycles. The van der Waals surface area contributed by atoms with Crippen LogP contribution in [-0.2, 0) is 18.4 Å². The summed E-state index contributed by atoms with van der Waals surface area (Å²) in [6.07, 6.45) is 0. The summed E-state index contributed by atoms with van der Waals surface area (Å²) in [5.41, 5.74) is 3.93. The number of hydrogen-bond acceptors (Lipinski definition) is 5. The maximum atomic E-state index is 12.6. The van der Waals surface area contributed by atoms with Crippen LogP contribution in [-0.4, -0.2) is 25.2 Å². The summed E-state index contributed by atoms with van der Waals surface area (Å²) >= 11 is 10.3. The van der Waals surface area contributed by atoms with Gasteiger partial charge in [-0.1, -0.05) is 57.9 Å². The van der Waals surface area contributed by atoms with Gasteiger partial charge in [0.05, 0.1) is 5.69 Å². The van der Waals surface area contributed by atoms with Gasteiger partial charge in [-0.25, -0.2) is 9.67 Å². The molecule has 4 aromatic rings. The molecule has 152 valence electrons. The number of carbonyl (C=O) groups is 1. The van der Waals surface area contributed by atoms with Crippen LogP contribution in [0.4, 0.5) is 5.13 Å². The van der Waals surface area contributed by atoms with E-state index in [1.54, 1.807) is 0 Å². The quantitative estimate of drug-likeness (QED) is 0.370. The molecule has 0 unspecified atom stereocenters. The van der Waals surface area contributed by atoms with E-state index >= 15 is 0 Å². The minimum atomic E-state index is -0.226. The van der Waals surface area contributed by atoms with Crippen molar-refractivity contribution in [2.45, 2.75) is 13.5 Å². The third-order valence-corrected chi connectivity index (χ3v) is 6.31. The largest absolute Gasteiger partial charge is 0.303 e. The number of aromatic nitrogens is 4. The lowest BCUT2D eigenvalue weighted by atomic mass is 10.1. The summed E-state index contributed by atoms with van der Waals surface area (Å²) < 4.78 is 4.83. The van der Waals surface area contributed by atoms with E-state index in [9.17, 15) is 4.79 Å². The summed E-state index contributed by atoms with van der Waals surface area (Å²) in [6, 6.07) is 15.9. The van der Waals surface area contributed by atoms with E-state index in [2.05, 4.69) is 31.3 Å². The van der Waals surface area contributed by atoms with Crippen LogP contribution in [0.15, 0.2) is 58.4 Å². The van der Waals surface area contributed by atoms with Gasteiger partial charge < -0.3 is 9.88 Å². The van der Waals surface area contributed by atoms with E-state index in [0.717, 1.165) is 27.1 Å². The maximum Gasteiger partial charge on any atom is 0.248 e. The van der Waals surface area contributed by atoms with E-state index in [-0.39, 0.29) is 12.5 Å². The number of carbonyl (C=O) groups excluding carboxylic acids is 1. The van der Waals surface area contributed by atoms with Crippen LogP contribution in [0.3, 0.4) is 0 Å². The zero-order valence-electron chi connectivity index (χ0n) is 16.3. The Bertz CT molecular complexity index is 1260. The lowest BCUT2D eigenvalue weighted by molar-refractivity contribution is -0.116. The lowest BCUT2D eigenvalue weighted by Crippen LogP contribution is -2.19. The average molecular weight is 500 g/mol. The number of rotatable bonds is 5. The molecule has 0 saturated heterocycles. The first-order chi connectivity index (χ1) is 14.4. The number of benzene rings is 2. The van der Waals surface area contributed by atoms with Gasteiger partial charge in [-0.15, -0.1) is 11.3 Å². The molecule has 0 fully saturated rings. The van der Waals surface area contributed by atoms with E-state index in [0.29, 0.717) is 9.90 Å². The molecule has 0 spiro atoms. The molecule has 30 heavy (non-hydrogen) atoms. The van der Waals surface area contributed by atoms with Crippen molar-refractivity contribution >= 4 is 50.5 Å². The fourth-order valence-corrected chi connectivity index (χ4v) is 4.12. The summed E-state index contributed by atoms with van der Waals surface area (Å²) in [4.78, 5) is 17.1. The van der Waals surface area contributed by atoms with Crippen molar-refractivity contribution in [1.82, 2.24) is 19.3 Å². The molecule has 0 bridgehead atoms. The van der Waals surface area contributed by atoms with Crippen LogP contribution >= 0.6 is 39.5 Å². The Morgan fingerprint density at radius 2 is 1.80 bits per heavy atom. The topological polar surface area (TPSA) is 64.7 Å². The average Bonchev–Trinajstić information content (AvgIpc) is 3.29. The first-order valence-electron chi connectivity index (χ1n) is 9.13.